The van der Waals surface area contributed by atoms with Crippen LogP contribution in [-0.4, -0.2) is 17.5 Å². The normalized spacial score (nSPS) is 21.6. The lowest BCUT2D eigenvalue weighted by molar-refractivity contribution is 0.310. The lowest BCUT2D eigenvalue weighted by Gasteiger charge is -2.30. The van der Waals surface area contributed by atoms with Gasteiger partial charge in [0.25, 0.3) is 0 Å². The van der Waals surface area contributed by atoms with Crippen molar-refractivity contribution in [3.05, 3.63) is 35.9 Å². The SMILES string of the molecule is CC(C)(C)CC(NCC1CCCCS1)c1ccccc1. The molecule has 1 heterocycles. The number of benzene rings is 1. The molecule has 0 bridgehead atoms. The quantitative estimate of drug-likeness (QED) is 0.815. The lowest BCUT2D eigenvalue weighted by atomic mass is 9.85. The molecule has 1 aromatic rings. The molecule has 1 nitrogen and oxygen atoms in total. The van der Waals surface area contributed by atoms with Crippen molar-refractivity contribution < 1.29 is 0 Å². The summed E-state index contributed by atoms with van der Waals surface area (Å²) in [6.45, 7) is 8.15. The van der Waals surface area contributed by atoms with Gasteiger partial charge in [0.2, 0.25) is 0 Å². The molecular formula is C18H29NS. The van der Waals surface area contributed by atoms with E-state index in [4.69, 9.17) is 0 Å². The van der Waals surface area contributed by atoms with Gasteiger partial charge >= 0.3 is 0 Å². The molecule has 1 aliphatic rings. The van der Waals surface area contributed by atoms with Gasteiger partial charge in [0.15, 0.2) is 0 Å². The zero-order chi connectivity index (χ0) is 14.4. The van der Waals surface area contributed by atoms with Crippen molar-refractivity contribution in [2.75, 3.05) is 12.3 Å². The molecule has 112 valence electrons. The fourth-order valence-electron chi connectivity index (χ4n) is 2.85. The molecule has 2 atom stereocenters. The smallest absolute Gasteiger partial charge is 0.0325 e. The Labute approximate surface area is 128 Å². The maximum absolute atomic E-state index is 3.84. The molecule has 2 unspecified atom stereocenters. The second kappa shape index (κ2) is 7.51. The van der Waals surface area contributed by atoms with Gasteiger partial charge in [-0.2, -0.15) is 11.8 Å². The maximum atomic E-state index is 3.84. The van der Waals surface area contributed by atoms with Crippen molar-refractivity contribution in [2.45, 2.75) is 57.7 Å². The molecule has 1 saturated heterocycles. The van der Waals surface area contributed by atoms with Crippen molar-refractivity contribution in [3.63, 3.8) is 0 Å². The Morgan fingerprint density at radius 2 is 1.95 bits per heavy atom. The summed E-state index contributed by atoms with van der Waals surface area (Å²) in [5.41, 5.74) is 1.79. The Hall–Kier alpha value is -0.470. The Balaban J connectivity index is 1.95. The molecule has 2 rings (SSSR count). The molecule has 1 N–H and O–H groups in total. The van der Waals surface area contributed by atoms with E-state index in [1.54, 1.807) is 0 Å². The van der Waals surface area contributed by atoms with Gasteiger partial charge in [0.1, 0.15) is 0 Å². The van der Waals surface area contributed by atoms with Crippen LogP contribution in [0.2, 0.25) is 0 Å². The molecule has 1 fully saturated rings. The average molecular weight is 292 g/mol. The highest BCUT2D eigenvalue weighted by atomic mass is 32.2. The van der Waals surface area contributed by atoms with Crippen LogP contribution in [0.1, 0.15) is 58.1 Å². The Kier molecular flexibility index (Phi) is 5.98. The number of nitrogens with one attached hydrogen (secondary N) is 1. The van der Waals surface area contributed by atoms with Crippen molar-refractivity contribution in [3.8, 4) is 0 Å². The summed E-state index contributed by atoms with van der Waals surface area (Å²) in [6.07, 6.45) is 5.39. The minimum Gasteiger partial charge on any atom is -0.309 e. The molecule has 20 heavy (non-hydrogen) atoms. The molecule has 0 aliphatic carbocycles. The van der Waals surface area contributed by atoms with Gasteiger partial charge in [-0.3, -0.25) is 0 Å². The zero-order valence-corrected chi connectivity index (χ0v) is 14.0. The fourth-order valence-corrected chi connectivity index (χ4v) is 4.10. The number of hydrogen-bond acceptors (Lipinski definition) is 2. The summed E-state index contributed by atoms with van der Waals surface area (Å²) in [4.78, 5) is 0. The predicted molar refractivity (Wildman–Crippen MR) is 91.4 cm³/mol. The number of hydrogen-bond donors (Lipinski definition) is 1. The molecule has 0 amide bonds. The van der Waals surface area contributed by atoms with E-state index in [0.717, 1.165) is 11.8 Å². The first-order valence-electron chi connectivity index (χ1n) is 7.94. The van der Waals surface area contributed by atoms with E-state index in [2.05, 4.69) is 68.2 Å². The Bertz CT molecular complexity index is 376. The summed E-state index contributed by atoms with van der Waals surface area (Å²) in [5, 5.41) is 4.66. The Morgan fingerprint density at radius 1 is 1.20 bits per heavy atom. The molecular weight excluding hydrogens is 262 g/mol. The molecule has 0 spiro atoms. The standard InChI is InChI=1S/C18H29NS/c1-18(2,3)13-17(15-9-5-4-6-10-15)19-14-16-11-7-8-12-20-16/h4-6,9-10,16-17,19H,7-8,11-14H2,1-3H3. The minimum absolute atomic E-state index is 0.354. The number of thioether (sulfide) groups is 1. The molecule has 0 radical (unpaired) electrons. The first-order valence-corrected chi connectivity index (χ1v) is 8.99. The van der Waals surface area contributed by atoms with Crippen molar-refractivity contribution in [2.24, 2.45) is 5.41 Å². The van der Waals surface area contributed by atoms with E-state index in [1.807, 2.05) is 0 Å². The lowest BCUT2D eigenvalue weighted by Crippen LogP contribution is -2.32. The largest absolute Gasteiger partial charge is 0.309 e. The van der Waals surface area contributed by atoms with E-state index < -0.39 is 0 Å². The maximum Gasteiger partial charge on any atom is 0.0325 e. The van der Waals surface area contributed by atoms with Crippen LogP contribution < -0.4 is 5.32 Å². The topological polar surface area (TPSA) is 12.0 Å². The van der Waals surface area contributed by atoms with Crippen LogP contribution in [-0.2, 0) is 0 Å². The van der Waals surface area contributed by atoms with Gasteiger partial charge in [-0.15, -0.1) is 0 Å². The van der Waals surface area contributed by atoms with Gasteiger partial charge < -0.3 is 5.32 Å². The minimum atomic E-state index is 0.354. The second-order valence-corrected chi connectivity index (χ2v) is 8.53. The second-order valence-electron chi connectivity index (χ2n) is 7.12. The molecule has 0 aromatic heterocycles. The van der Waals surface area contributed by atoms with Crippen molar-refractivity contribution >= 4 is 11.8 Å². The summed E-state index contributed by atoms with van der Waals surface area (Å²) >= 11 is 2.16. The summed E-state index contributed by atoms with van der Waals surface area (Å²) in [5.74, 6) is 1.35. The van der Waals surface area contributed by atoms with E-state index in [9.17, 15) is 0 Å². The van der Waals surface area contributed by atoms with Crippen molar-refractivity contribution in [1.82, 2.24) is 5.32 Å². The van der Waals surface area contributed by atoms with E-state index in [1.165, 1.54) is 37.0 Å². The average Bonchev–Trinajstić information content (AvgIpc) is 2.44. The van der Waals surface area contributed by atoms with E-state index in [0.29, 0.717) is 11.5 Å². The third kappa shape index (κ3) is 5.49. The highest BCUT2D eigenvalue weighted by Gasteiger charge is 2.21. The fraction of sp³-hybridized carbons (Fsp3) is 0.667. The first-order chi connectivity index (χ1) is 9.54. The highest BCUT2D eigenvalue weighted by molar-refractivity contribution is 7.99. The summed E-state index contributed by atoms with van der Waals surface area (Å²) in [7, 11) is 0. The summed E-state index contributed by atoms with van der Waals surface area (Å²) < 4.78 is 0. The number of rotatable bonds is 5. The van der Waals surface area contributed by atoms with Crippen LogP contribution in [0.4, 0.5) is 0 Å². The van der Waals surface area contributed by atoms with Crippen LogP contribution in [0.3, 0.4) is 0 Å². The molecule has 0 saturated carbocycles. The van der Waals surface area contributed by atoms with E-state index >= 15 is 0 Å². The van der Waals surface area contributed by atoms with Crippen LogP contribution in [0.25, 0.3) is 0 Å². The molecule has 1 aliphatic heterocycles. The third-order valence-corrected chi connectivity index (χ3v) is 5.28. The zero-order valence-electron chi connectivity index (χ0n) is 13.2. The predicted octanol–water partition coefficient (Wildman–Crippen LogP) is 5.04. The Morgan fingerprint density at radius 3 is 2.55 bits per heavy atom. The van der Waals surface area contributed by atoms with Gasteiger partial charge in [-0.25, -0.2) is 0 Å². The monoisotopic (exact) mass is 291 g/mol. The highest BCUT2D eigenvalue weighted by Crippen LogP contribution is 2.30. The van der Waals surface area contributed by atoms with Crippen LogP contribution in [0.5, 0.6) is 0 Å². The van der Waals surface area contributed by atoms with Gasteiger partial charge in [0, 0.05) is 17.8 Å². The molecule has 2 heteroatoms. The summed E-state index contributed by atoms with van der Waals surface area (Å²) in [6, 6.07) is 11.4. The van der Waals surface area contributed by atoms with Crippen LogP contribution in [0, 0.1) is 5.41 Å². The van der Waals surface area contributed by atoms with Gasteiger partial charge in [-0.1, -0.05) is 57.5 Å². The first kappa shape index (κ1) is 15.9. The van der Waals surface area contributed by atoms with Crippen molar-refractivity contribution in [1.29, 1.82) is 0 Å². The van der Waals surface area contributed by atoms with Gasteiger partial charge in [0.05, 0.1) is 0 Å². The van der Waals surface area contributed by atoms with E-state index in [-0.39, 0.29) is 0 Å². The third-order valence-electron chi connectivity index (χ3n) is 3.88. The van der Waals surface area contributed by atoms with Gasteiger partial charge in [-0.05, 0) is 36.0 Å². The van der Waals surface area contributed by atoms with Crippen LogP contribution in [0.15, 0.2) is 30.3 Å². The molecule has 1 aromatic carbocycles. The van der Waals surface area contributed by atoms with Crippen LogP contribution >= 0.6 is 11.8 Å².